The molecule has 2 atom stereocenters. The Morgan fingerprint density at radius 2 is 1.85 bits per heavy atom. The fraction of sp³-hybridized carbons (Fsp3) is 0.429. The number of amides is 2. The van der Waals surface area contributed by atoms with E-state index in [1.165, 1.54) is 11.8 Å². The number of aliphatic hydroxyl groups excluding tert-OH is 1. The Hall–Kier alpha value is -2.08. The molecule has 2 amide bonds. The highest BCUT2D eigenvalue weighted by molar-refractivity contribution is 5.82. The number of aryl methyl sites for hydroxylation is 1. The van der Waals surface area contributed by atoms with Crippen LogP contribution < -0.4 is 5.32 Å². The molecule has 0 spiro atoms. The van der Waals surface area contributed by atoms with Crippen LogP contribution in [0.15, 0.2) is 24.3 Å². The first-order valence-corrected chi connectivity index (χ1v) is 6.29. The molecular weight excluding hydrogens is 260 g/mol. The summed E-state index contributed by atoms with van der Waals surface area (Å²) in [5, 5.41) is 20.5. The van der Waals surface area contributed by atoms with Gasteiger partial charge in [0.1, 0.15) is 0 Å². The topological polar surface area (TPSA) is 89.9 Å². The van der Waals surface area contributed by atoms with Gasteiger partial charge in [-0.15, -0.1) is 0 Å². The number of carboxylic acids is 1. The van der Waals surface area contributed by atoms with E-state index in [1.807, 2.05) is 31.2 Å². The van der Waals surface area contributed by atoms with Gasteiger partial charge in [-0.1, -0.05) is 29.8 Å². The van der Waals surface area contributed by atoms with E-state index in [1.54, 1.807) is 7.05 Å². The van der Waals surface area contributed by atoms with Crippen LogP contribution in [0.3, 0.4) is 0 Å². The number of aliphatic carboxylic acids is 1. The van der Waals surface area contributed by atoms with Gasteiger partial charge in [0.15, 0.2) is 6.04 Å². The third-order valence-corrected chi connectivity index (χ3v) is 2.91. The van der Waals surface area contributed by atoms with Gasteiger partial charge in [-0.3, -0.25) is 0 Å². The number of aliphatic hydroxyl groups is 1. The molecule has 1 aromatic carbocycles. The Morgan fingerprint density at radius 1 is 1.30 bits per heavy atom. The summed E-state index contributed by atoms with van der Waals surface area (Å²) >= 11 is 0. The van der Waals surface area contributed by atoms with Crippen molar-refractivity contribution in [1.82, 2.24) is 10.2 Å². The number of carboxylic acid groups (broad SMARTS) is 1. The van der Waals surface area contributed by atoms with Crippen LogP contribution in [0.4, 0.5) is 4.79 Å². The fourth-order valence-corrected chi connectivity index (χ4v) is 1.67. The van der Waals surface area contributed by atoms with Crippen LogP contribution in [0.25, 0.3) is 0 Å². The molecule has 0 bridgehead atoms. The van der Waals surface area contributed by atoms with E-state index in [9.17, 15) is 14.7 Å². The number of nitrogens with one attached hydrogen (secondary N) is 1. The Kier molecular flexibility index (Phi) is 5.52. The number of benzene rings is 1. The lowest BCUT2D eigenvalue weighted by molar-refractivity contribution is -0.141. The molecule has 20 heavy (non-hydrogen) atoms. The second kappa shape index (κ2) is 6.91. The van der Waals surface area contributed by atoms with Crippen LogP contribution in [-0.2, 0) is 11.3 Å². The number of rotatable bonds is 5. The zero-order chi connectivity index (χ0) is 15.3. The zero-order valence-electron chi connectivity index (χ0n) is 11.8. The lowest BCUT2D eigenvalue weighted by atomic mass is 10.1. The van der Waals surface area contributed by atoms with E-state index in [-0.39, 0.29) is 0 Å². The molecule has 1 rings (SSSR count). The Bertz CT molecular complexity index is 471. The maximum Gasteiger partial charge on any atom is 0.328 e. The maximum absolute atomic E-state index is 11.9. The minimum Gasteiger partial charge on any atom is -0.480 e. The van der Waals surface area contributed by atoms with Crippen LogP contribution in [0.2, 0.25) is 0 Å². The lowest BCUT2D eigenvalue weighted by Gasteiger charge is -2.22. The first kappa shape index (κ1) is 16.0. The Balaban J connectivity index is 2.62. The van der Waals surface area contributed by atoms with Crippen molar-refractivity contribution in [3.05, 3.63) is 35.4 Å². The average molecular weight is 280 g/mol. The highest BCUT2D eigenvalue weighted by Gasteiger charge is 2.26. The van der Waals surface area contributed by atoms with Gasteiger partial charge >= 0.3 is 12.0 Å². The number of hydrogen-bond acceptors (Lipinski definition) is 3. The van der Waals surface area contributed by atoms with Crippen LogP contribution >= 0.6 is 0 Å². The summed E-state index contributed by atoms with van der Waals surface area (Å²) in [6.07, 6.45) is -1.16. The van der Waals surface area contributed by atoms with Gasteiger partial charge in [0, 0.05) is 13.6 Å². The molecule has 0 saturated carbocycles. The number of carbonyl (C=O) groups is 2. The minimum absolute atomic E-state index is 0.359. The molecule has 6 nitrogen and oxygen atoms in total. The van der Waals surface area contributed by atoms with E-state index in [2.05, 4.69) is 5.32 Å². The quantitative estimate of drug-likeness (QED) is 0.749. The predicted octanol–water partition coefficient (Wildman–Crippen LogP) is 0.970. The monoisotopic (exact) mass is 280 g/mol. The van der Waals surface area contributed by atoms with Gasteiger partial charge in [0.25, 0.3) is 0 Å². The van der Waals surface area contributed by atoms with Gasteiger partial charge in [0.2, 0.25) is 0 Å². The summed E-state index contributed by atoms with van der Waals surface area (Å²) in [5.74, 6) is -1.27. The molecule has 0 aromatic heterocycles. The second-order valence-electron chi connectivity index (χ2n) is 4.85. The number of urea groups is 1. The molecule has 1 aromatic rings. The first-order valence-electron chi connectivity index (χ1n) is 6.29. The summed E-state index contributed by atoms with van der Waals surface area (Å²) in [4.78, 5) is 24.1. The Morgan fingerprint density at radius 3 is 2.30 bits per heavy atom. The first-order chi connectivity index (χ1) is 9.31. The molecule has 110 valence electrons. The summed E-state index contributed by atoms with van der Waals surface area (Å²) in [6, 6.07) is 5.83. The molecule has 0 saturated heterocycles. The third kappa shape index (κ3) is 4.55. The van der Waals surface area contributed by atoms with Gasteiger partial charge in [-0.25, -0.2) is 9.59 Å². The van der Waals surface area contributed by atoms with Crippen molar-refractivity contribution in [1.29, 1.82) is 0 Å². The molecule has 3 N–H and O–H groups in total. The summed E-state index contributed by atoms with van der Waals surface area (Å²) in [5.41, 5.74) is 2.07. The van der Waals surface area contributed by atoms with Crippen LogP contribution in [-0.4, -0.2) is 46.3 Å². The molecule has 0 fully saturated rings. The number of carbonyl (C=O) groups excluding carboxylic acids is 1. The molecule has 0 radical (unpaired) electrons. The van der Waals surface area contributed by atoms with Gasteiger partial charge in [-0.2, -0.15) is 0 Å². The standard InChI is InChI=1S/C14H20N2O4/c1-9-4-6-11(7-5-9)8-16(3)14(20)15-12(10(2)17)13(18)19/h4-7,10,12,17H,8H2,1-3H3,(H,15,20)(H,18,19). The molecule has 6 heteroatoms. The van der Waals surface area contributed by atoms with Crippen molar-refractivity contribution >= 4 is 12.0 Å². The SMILES string of the molecule is Cc1ccc(CN(C)C(=O)NC(C(=O)O)C(C)O)cc1. The van der Waals surface area contributed by atoms with E-state index in [0.717, 1.165) is 11.1 Å². The third-order valence-electron chi connectivity index (χ3n) is 2.91. The van der Waals surface area contributed by atoms with Crippen LogP contribution in [0, 0.1) is 6.92 Å². The van der Waals surface area contributed by atoms with Crippen LogP contribution in [0.1, 0.15) is 18.1 Å². The highest BCUT2D eigenvalue weighted by atomic mass is 16.4. The molecule has 0 aliphatic rings. The molecule has 0 heterocycles. The lowest BCUT2D eigenvalue weighted by Crippen LogP contribution is -2.51. The molecule has 0 aliphatic carbocycles. The molecule has 0 aliphatic heterocycles. The zero-order valence-corrected chi connectivity index (χ0v) is 11.8. The largest absolute Gasteiger partial charge is 0.480 e. The molecule has 2 unspecified atom stereocenters. The van der Waals surface area contributed by atoms with Gasteiger partial charge in [-0.05, 0) is 19.4 Å². The second-order valence-corrected chi connectivity index (χ2v) is 4.85. The highest BCUT2D eigenvalue weighted by Crippen LogP contribution is 2.06. The van der Waals surface area contributed by atoms with Crippen LogP contribution in [0.5, 0.6) is 0 Å². The van der Waals surface area contributed by atoms with E-state index >= 15 is 0 Å². The van der Waals surface area contributed by atoms with E-state index in [4.69, 9.17) is 5.11 Å². The predicted molar refractivity (Wildman–Crippen MR) is 74.3 cm³/mol. The van der Waals surface area contributed by atoms with Crippen molar-refractivity contribution in [2.75, 3.05) is 7.05 Å². The normalized spacial score (nSPS) is 13.4. The van der Waals surface area contributed by atoms with Gasteiger partial charge < -0.3 is 20.4 Å². The fourth-order valence-electron chi connectivity index (χ4n) is 1.67. The van der Waals surface area contributed by atoms with E-state index in [0.29, 0.717) is 6.54 Å². The van der Waals surface area contributed by atoms with Gasteiger partial charge in [0.05, 0.1) is 6.10 Å². The number of nitrogens with zero attached hydrogens (tertiary/aromatic N) is 1. The van der Waals surface area contributed by atoms with Crippen molar-refractivity contribution in [2.45, 2.75) is 32.5 Å². The smallest absolute Gasteiger partial charge is 0.328 e. The summed E-state index contributed by atoms with van der Waals surface area (Å²) in [6.45, 7) is 3.65. The summed E-state index contributed by atoms with van der Waals surface area (Å²) < 4.78 is 0. The van der Waals surface area contributed by atoms with Crippen molar-refractivity contribution in [2.24, 2.45) is 0 Å². The minimum atomic E-state index is -1.32. The van der Waals surface area contributed by atoms with Crippen molar-refractivity contribution < 1.29 is 19.8 Å². The van der Waals surface area contributed by atoms with E-state index < -0.39 is 24.1 Å². The number of hydrogen-bond donors (Lipinski definition) is 3. The summed E-state index contributed by atoms with van der Waals surface area (Å²) in [7, 11) is 1.57. The maximum atomic E-state index is 11.9. The van der Waals surface area contributed by atoms with Crippen molar-refractivity contribution in [3.8, 4) is 0 Å². The molecular formula is C14H20N2O4. The average Bonchev–Trinajstić information content (AvgIpc) is 2.37. The van der Waals surface area contributed by atoms with Crippen molar-refractivity contribution in [3.63, 3.8) is 0 Å². The Labute approximate surface area is 118 Å².